The van der Waals surface area contributed by atoms with Gasteiger partial charge < -0.3 is 15.3 Å². The fourth-order valence-electron chi connectivity index (χ4n) is 3.73. The number of aliphatic hydroxyl groups excluding tert-OH is 1. The van der Waals surface area contributed by atoms with E-state index in [1.165, 1.54) is 0 Å². The van der Waals surface area contributed by atoms with Crippen LogP contribution >= 0.6 is 0 Å². The van der Waals surface area contributed by atoms with Crippen LogP contribution < -0.4 is 10.2 Å². The summed E-state index contributed by atoms with van der Waals surface area (Å²) in [6.07, 6.45) is 4.83. The van der Waals surface area contributed by atoms with Gasteiger partial charge in [0.2, 0.25) is 0 Å². The molecule has 5 heteroatoms. The molecule has 1 aliphatic heterocycles. The van der Waals surface area contributed by atoms with Gasteiger partial charge in [-0.05, 0) is 51.2 Å². The lowest BCUT2D eigenvalue weighted by Crippen LogP contribution is -2.46. The van der Waals surface area contributed by atoms with Crippen molar-refractivity contribution in [3.05, 3.63) is 24.0 Å². The number of rotatable bonds is 6. The molecule has 1 aromatic heterocycles. The summed E-state index contributed by atoms with van der Waals surface area (Å²) in [5, 5.41) is 12.9. The van der Waals surface area contributed by atoms with Crippen LogP contribution in [0.5, 0.6) is 0 Å². The fraction of sp³-hybridized carbons (Fsp3) is 0.684. The molecule has 0 radical (unpaired) electrons. The van der Waals surface area contributed by atoms with Crippen molar-refractivity contribution in [2.24, 2.45) is 11.3 Å². The third-order valence-electron chi connectivity index (χ3n) is 4.60. The monoisotopic (exact) mass is 333 g/mol. The Morgan fingerprint density at radius 1 is 1.42 bits per heavy atom. The average Bonchev–Trinajstić information content (AvgIpc) is 2.54. The number of amides is 1. The quantitative estimate of drug-likeness (QED) is 0.840. The number of hydrogen-bond donors (Lipinski definition) is 2. The Morgan fingerprint density at radius 3 is 2.79 bits per heavy atom. The number of pyridine rings is 1. The van der Waals surface area contributed by atoms with Crippen molar-refractivity contribution in [1.29, 1.82) is 0 Å². The minimum atomic E-state index is -0.139. The Labute approximate surface area is 145 Å². The molecule has 1 aromatic rings. The first kappa shape index (κ1) is 18.7. The molecule has 0 aliphatic carbocycles. The van der Waals surface area contributed by atoms with Crippen LogP contribution in [0, 0.1) is 11.3 Å². The largest absolute Gasteiger partial charge is 0.396 e. The number of aliphatic hydroxyl groups is 1. The summed E-state index contributed by atoms with van der Waals surface area (Å²) in [4.78, 5) is 18.7. The van der Waals surface area contributed by atoms with E-state index < -0.39 is 0 Å². The van der Waals surface area contributed by atoms with Crippen molar-refractivity contribution < 1.29 is 9.90 Å². The SMILES string of the molecule is CC(C)C[C@]1(CO)CCCN(c2ccnc(C(=O)NC(C)C)c2)C1. The van der Waals surface area contributed by atoms with Gasteiger partial charge in [-0.1, -0.05) is 13.8 Å². The van der Waals surface area contributed by atoms with Gasteiger partial charge in [0.1, 0.15) is 5.69 Å². The molecule has 0 spiro atoms. The van der Waals surface area contributed by atoms with E-state index in [9.17, 15) is 9.90 Å². The smallest absolute Gasteiger partial charge is 0.270 e. The Balaban J connectivity index is 2.17. The predicted octanol–water partition coefficient (Wildman–Crippen LogP) is 2.84. The number of nitrogens with zero attached hydrogens (tertiary/aromatic N) is 2. The second kappa shape index (κ2) is 7.97. The summed E-state index contributed by atoms with van der Waals surface area (Å²) in [7, 11) is 0. The normalized spacial score (nSPS) is 21.4. The van der Waals surface area contributed by atoms with Gasteiger partial charge in [-0.25, -0.2) is 0 Å². The molecule has 2 rings (SSSR count). The molecule has 1 amide bonds. The fourth-order valence-corrected chi connectivity index (χ4v) is 3.73. The van der Waals surface area contributed by atoms with Gasteiger partial charge in [0.15, 0.2) is 0 Å². The van der Waals surface area contributed by atoms with Gasteiger partial charge in [-0.15, -0.1) is 0 Å². The maximum atomic E-state index is 12.2. The highest BCUT2D eigenvalue weighted by Crippen LogP contribution is 2.37. The van der Waals surface area contributed by atoms with E-state index in [1.807, 2.05) is 26.0 Å². The molecule has 1 fully saturated rings. The maximum absolute atomic E-state index is 12.2. The van der Waals surface area contributed by atoms with Crippen molar-refractivity contribution in [3.8, 4) is 0 Å². The Morgan fingerprint density at radius 2 is 2.17 bits per heavy atom. The number of nitrogens with one attached hydrogen (secondary N) is 1. The van der Waals surface area contributed by atoms with E-state index in [2.05, 4.69) is 29.0 Å². The average molecular weight is 333 g/mol. The van der Waals surface area contributed by atoms with Crippen LogP contribution in [0.25, 0.3) is 0 Å². The third kappa shape index (κ3) is 4.69. The summed E-state index contributed by atoms with van der Waals surface area (Å²) in [5.41, 5.74) is 1.42. The minimum absolute atomic E-state index is 0.0456. The zero-order chi connectivity index (χ0) is 17.7. The van der Waals surface area contributed by atoms with Crippen LogP contribution in [0.15, 0.2) is 18.3 Å². The molecule has 5 nitrogen and oxygen atoms in total. The number of piperidine rings is 1. The van der Waals surface area contributed by atoms with Crippen molar-refractivity contribution in [2.75, 3.05) is 24.6 Å². The van der Waals surface area contributed by atoms with Crippen molar-refractivity contribution in [1.82, 2.24) is 10.3 Å². The molecular formula is C19H31N3O2. The number of anilines is 1. The third-order valence-corrected chi connectivity index (χ3v) is 4.60. The molecule has 24 heavy (non-hydrogen) atoms. The number of aromatic nitrogens is 1. The molecule has 1 atom stereocenters. The van der Waals surface area contributed by atoms with Gasteiger partial charge >= 0.3 is 0 Å². The van der Waals surface area contributed by atoms with Crippen molar-refractivity contribution in [2.45, 2.75) is 53.0 Å². The van der Waals surface area contributed by atoms with Gasteiger partial charge in [-0.3, -0.25) is 9.78 Å². The highest BCUT2D eigenvalue weighted by Gasteiger charge is 2.35. The van der Waals surface area contributed by atoms with E-state index >= 15 is 0 Å². The van der Waals surface area contributed by atoms with Crippen molar-refractivity contribution in [3.63, 3.8) is 0 Å². The van der Waals surface area contributed by atoms with Gasteiger partial charge in [0.25, 0.3) is 5.91 Å². The summed E-state index contributed by atoms with van der Waals surface area (Å²) < 4.78 is 0. The highest BCUT2D eigenvalue weighted by molar-refractivity contribution is 5.93. The minimum Gasteiger partial charge on any atom is -0.396 e. The standard InChI is InChI=1S/C19H31N3O2/c1-14(2)11-19(13-23)7-5-9-22(12-19)16-6-8-20-17(10-16)18(24)21-15(3)4/h6,8,10,14-15,23H,5,7,9,11-13H2,1-4H3,(H,21,24)/t19-/m1/s1. The van der Waals surface area contributed by atoms with E-state index in [4.69, 9.17) is 0 Å². The predicted molar refractivity (Wildman–Crippen MR) is 97.3 cm³/mol. The lowest BCUT2D eigenvalue weighted by molar-refractivity contribution is 0.0832. The van der Waals surface area contributed by atoms with E-state index in [1.54, 1.807) is 6.20 Å². The summed E-state index contributed by atoms with van der Waals surface area (Å²) >= 11 is 0. The number of hydrogen-bond acceptors (Lipinski definition) is 4. The molecule has 2 N–H and O–H groups in total. The first-order valence-corrected chi connectivity index (χ1v) is 8.98. The second-order valence-electron chi connectivity index (χ2n) is 7.81. The Hall–Kier alpha value is -1.62. The molecule has 1 saturated heterocycles. The Kier molecular flexibility index (Phi) is 6.21. The zero-order valence-electron chi connectivity index (χ0n) is 15.4. The van der Waals surface area contributed by atoms with Crippen LogP contribution in [0.4, 0.5) is 5.69 Å². The van der Waals surface area contributed by atoms with Crippen LogP contribution in [-0.2, 0) is 0 Å². The van der Waals surface area contributed by atoms with Crippen LogP contribution in [0.2, 0.25) is 0 Å². The maximum Gasteiger partial charge on any atom is 0.270 e. The summed E-state index contributed by atoms with van der Waals surface area (Å²) in [6, 6.07) is 3.90. The molecule has 2 heterocycles. The van der Waals surface area contributed by atoms with E-state index in [0.29, 0.717) is 11.6 Å². The topological polar surface area (TPSA) is 65.5 Å². The molecule has 134 valence electrons. The van der Waals surface area contributed by atoms with E-state index in [0.717, 1.165) is 38.0 Å². The van der Waals surface area contributed by atoms with Crippen LogP contribution in [0.1, 0.15) is 57.4 Å². The first-order chi connectivity index (χ1) is 11.3. The first-order valence-electron chi connectivity index (χ1n) is 8.98. The molecule has 0 bridgehead atoms. The summed E-state index contributed by atoms with van der Waals surface area (Å²) in [5.74, 6) is 0.418. The lowest BCUT2D eigenvalue weighted by atomic mass is 9.74. The summed E-state index contributed by atoms with van der Waals surface area (Å²) in [6.45, 7) is 10.3. The van der Waals surface area contributed by atoms with Crippen LogP contribution in [-0.4, -0.2) is 41.7 Å². The van der Waals surface area contributed by atoms with Gasteiger partial charge in [0, 0.05) is 36.4 Å². The molecule has 0 unspecified atom stereocenters. The van der Waals surface area contributed by atoms with E-state index in [-0.39, 0.29) is 24.0 Å². The number of carbonyl (C=O) groups is 1. The molecule has 0 aromatic carbocycles. The van der Waals surface area contributed by atoms with Gasteiger partial charge in [0.05, 0.1) is 6.61 Å². The highest BCUT2D eigenvalue weighted by atomic mass is 16.3. The van der Waals surface area contributed by atoms with Crippen LogP contribution in [0.3, 0.4) is 0 Å². The second-order valence-corrected chi connectivity index (χ2v) is 7.81. The zero-order valence-corrected chi connectivity index (χ0v) is 15.4. The molecular weight excluding hydrogens is 302 g/mol. The number of carbonyl (C=O) groups excluding carboxylic acids is 1. The Bertz CT molecular complexity index is 559. The molecule has 1 aliphatic rings. The molecule has 0 saturated carbocycles. The van der Waals surface area contributed by atoms with Gasteiger partial charge in [-0.2, -0.15) is 0 Å². The van der Waals surface area contributed by atoms with Crippen molar-refractivity contribution >= 4 is 11.6 Å². The lowest BCUT2D eigenvalue weighted by Gasteiger charge is -2.44.